The van der Waals surface area contributed by atoms with Gasteiger partial charge in [0.25, 0.3) is 0 Å². The molecular weight excluding hydrogens is 270 g/mol. The minimum absolute atomic E-state index is 0.139. The van der Waals surface area contributed by atoms with Gasteiger partial charge >= 0.3 is 0 Å². The summed E-state index contributed by atoms with van der Waals surface area (Å²) in [5.41, 5.74) is 0.139. The molecular formula is C16H29NO2S. The Hall–Kier alpha value is 0.230. The molecule has 20 heavy (non-hydrogen) atoms. The predicted molar refractivity (Wildman–Crippen MR) is 84.4 cm³/mol. The van der Waals surface area contributed by atoms with Crippen LogP contribution >= 0.6 is 11.8 Å². The molecule has 4 heteroatoms. The van der Waals surface area contributed by atoms with E-state index in [1.54, 1.807) is 0 Å². The van der Waals surface area contributed by atoms with Gasteiger partial charge in [-0.25, -0.2) is 0 Å². The zero-order valence-electron chi connectivity index (χ0n) is 12.7. The summed E-state index contributed by atoms with van der Waals surface area (Å²) in [6, 6.07) is 0.707. The fraction of sp³-hybridized carbons (Fsp3) is 1.00. The van der Waals surface area contributed by atoms with Gasteiger partial charge in [0.1, 0.15) is 0 Å². The number of rotatable bonds is 4. The number of nitrogens with one attached hydrogen (secondary N) is 1. The van der Waals surface area contributed by atoms with Crippen LogP contribution in [0.15, 0.2) is 0 Å². The van der Waals surface area contributed by atoms with Crippen molar-refractivity contribution in [3.8, 4) is 0 Å². The van der Waals surface area contributed by atoms with Crippen molar-refractivity contribution in [2.24, 2.45) is 11.8 Å². The van der Waals surface area contributed by atoms with Gasteiger partial charge in [-0.1, -0.05) is 6.92 Å². The lowest BCUT2D eigenvalue weighted by molar-refractivity contribution is -0.151. The molecule has 116 valence electrons. The second kappa shape index (κ2) is 6.99. The molecule has 0 amide bonds. The molecule has 3 saturated heterocycles. The molecule has 3 atom stereocenters. The second-order valence-electron chi connectivity index (χ2n) is 6.60. The second-order valence-corrected chi connectivity index (χ2v) is 7.75. The number of hydrogen-bond acceptors (Lipinski definition) is 4. The van der Waals surface area contributed by atoms with E-state index in [1.807, 2.05) is 0 Å². The Labute approximate surface area is 127 Å². The molecule has 3 rings (SSSR count). The van der Waals surface area contributed by atoms with Crippen LogP contribution in [0, 0.1) is 11.8 Å². The van der Waals surface area contributed by atoms with Gasteiger partial charge in [0.15, 0.2) is 0 Å². The highest BCUT2D eigenvalue weighted by Crippen LogP contribution is 2.41. The molecule has 3 aliphatic heterocycles. The Morgan fingerprint density at radius 2 is 2.05 bits per heavy atom. The standard InChI is InChI=1S/C16H29NO2S/c1-2-17-15(14-4-10-20-12-14)13-3-7-19-16(11-13)5-8-18-9-6-16/h13-15,17H,2-12H2,1H3. The highest BCUT2D eigenvalue weighted by Gasteiger charge is 2.43. The van der Waals surface area contributed by atoms with E-state index in [2.05, 4.69) is 24.0 Å². The summed E-state index contributed by atoms with van der Waals surface area (Å²) in [5, 5.41) is 3.82. The molecule has 3 unspecified atom stereocenters. The van der Waals surface area contributed by atoms with Crippen LogP contribution in [-0.2, 0) is 9.47 Å². The normalized spacial score (nSPS) is 35.2. The molecule has 3 nitrogen and oxygen atoms in total. The smallest absolute Gasteiger partial charge is 0.0729 e. The van der Waals surface area contributed by atoms with E-state index in [1.165, 1.54) is 30.8 Å². The van der Waals surface area contributed by atoms with E-state index < -0.39 is 0 Å². The molecule has 1 spiro atoms. The van der Waals surface area contributed by atoms with Crippen LogP contribution < -0.4 is 5.32 Å². The monoisotopic (exact) mass is 299 g/mol. The number of hydrogen-bond donors (Lipinski definition) is 1. The van der Waals surface area contributed by atoms with Crippen LogP contribution in [0.1, 0.15) is 39.0 Å². The Morgan fingerprint density at radius 1 is 1.20 bits per heavy atom. The Morgan fingerprint density at radius 3 is 2.75 bits per heavy atom. The molecule has 0 radical (unpaired) electrons. The predicted octanol–water partition coefficient (Wildman–Crippen LogP) is 2.69. The zero-order chi connectivity index (χ0) is 13.8. The summed E-state index contributed by atoms with van der Waals surface area (Å²) in [6.45, 7) is 6.07. The Bertz CT molecular complexity index is 295. The molecule has 0 bridgehead atoms. The summed E-state index contributed by atoms with van der Waals surface area (Å²) in [6.07, 6.45) is 6.08. The summed E-state index contributed by atoms with van der Waals surface area (Å²) in [4.78, 5) is 0. The fourth-order valence-electron chi connectivity index (χ4n) is 4.25. The van der Waals surface area contributed by atoms with Crippen molar-refractivity contribution in [3.63, 3.8) is 0 Å². The molecule has 3 heterocycles. The van der Waals surface area contributed by atoms with Crippen LogP contribution in [0.4, 0.5) is 0 Å². The lowest BCUT2D eigenvalue weighted by Crippen LogP contribution is -2.51. The first kappa shape index (κ1) is 15.1. The van der Waals surface area contributed by atoms with Crippen molar-refractivity contribution in [2.45, 2.75) is 50.7 Å². The summed E-state index contributed by atoms with van der Waals surface area (Å²) in [5.74, 6) is 4.38. The van der Waals surface area contributed by atoms with E-state index in [-0.39, 0.29) is 5.60 Å². The minimum Gasteiger partial charge on any atom is -0.381 e. The van der Waals surface area contributed by atoms with Crippen LogP contribution in [0.5, 0.6) is 0 Å². The van der Waals surface area contributed by atoms with Gasteiger partial charge in [-0.2, -0.15) is 11.8 Å². The quantitative estimate of drug-likeness (QED) is 0.864. The van der Waals surface area contributed by atoms with Crippen LogP contribution in [0.2, 0.25) is 0 Å². The van der Waals surface area contributed by atoms with Gasteiger partial charge in [0.05, 0.1) is 5.60 Å². The van der Waals surface area contributed by atoms with Crippen LogP contribution in [-0.4, -0.2) is 49.5 Å². The molecule has 0 aromatic heterocycles. The van der Waals surface area contributed by atoms with E-state index in [4.69, 9.17) is 9.47 Å². The molecule has 0 aliphatic carbocycles. The van der Waals surface area contributed by atoms with Gasteiger partial charge in [0.2, 0.25) is 0 Å². The van der Waals surface area contributed by atoms with E-state index in [0.717, 1.165) is 51.0 Å². The van der Waals surface area contributed by atoms with Gasteiger partial charge in [-0.05, 0) is 62.0 Å². The lowest BCUT2D eigenvalue weighted by Gasteiger charge is -2.46. The van der Waals surface area contributed by atoms with Crippen molar-refractivity contribution in [2.75, 3.05) is 37.9 Å². The SMILES string of the molecule is CCNC(C1CCSC1)C1CCOC2(CCOCC2)C1. The Kier molecular flexibility index (Phi) is 5.29. The number of ether oxygens (including phenoxy) is 2. The minimum atomic E-state index is 0.139. The third kappa shape index (κ3) is 3.34. The van der Waals surface area contributed by atoms with Gasteiger partial charge in [0, 0.05) is 25.9 Å². The van der Waals surface area contributed by atoms with Crippen LogP contribution in [0.3, 0.4) is 0 Å². The average molecular weight is 299 g/mol. The first-order valence-corrected chi connectivity index (χ1v) is 9.51. The zero-order valence-corrected chi connectivity index (χ0v) is 13.6. The molecule has 3 aliphatic rings. The highest BCUT2D eigenvalue weighted by molar-refractivity contribution is 7.99. The third-order valence-corrected chi connectivity index (χ3v) is 6.54. The van der Waals surface area contributed by atoms with Crippen molar-refractivity contribution in [1.82, 2.24) is 5.32 Å². The summed E-state index contributed by atoms with van der Waals surface area (Å²) >= 11 is 2.14. The van der Waals surface area contributed by atoms with Crippen molar-refractivity contribution < 1.29 is 9.47 Å². The van der Waals surface area contributed by atoms with E-state index >= 15 is 0 Å². The van der Waals surface area contributed by atoms with E-state index in [9.17, 15) is 0 Å². The Balaban J connectivity index is 1.66. The maximum atomic E-state index is 6.21. The van der Waals surface area contributed by atoms with Gasteiger partial charge < -0.3 is 14.8 Å². The largest absolute Gasteiger partial charge is 0.381 e. The van der Waals surface area contributed by atoms with Crippen molar-refractivity contribution in [1.29, 1.82) is 0 Å². The van der Waals surface area contributed by atoms with Crippen LogP contribution in [0.25, 0.3) is 0 Å². The summed E-state index contributed by atoms with van der Waals surface area (Å²) < 4.78 is 11.8. The first-order valence-electron chi connectivity index (χ1n) is 8.36. The molecule has 3 fully saturated rings. The average Bonchev–Trinajstić information content (AvgIpc) is 2.99. The molecule has 0 saturated carbocycles. The highest BCUT2D eigenvalue weighted by atomic mass is 32.2. The molecule has 1 N–H and O–H groups in total. The maximum absolute atomic E-state index is 6.21. The number of thioether (sulfide) groups is 1. The van der Waals surface area contributed by atoms with E-state index in [0.29, 0.717) is 6.04 Å². The van der Waals surface area contributed by atoms with Gasteiger partial charge in [-0.15, -0.1) is 0 Å². The summed E-state index contributed by atoms with van der Waals surface area (Å²) in [7, 11) is 0. The topological polar surface area (TPSA) is 30.5 Å². The fourth-order valence-corrected chi connectivity index (χ4v) is 5.57. The van der Waals surface area contributed by atoms with Gasteiger partial charge in [-0.3, -0.25) is 0 Å². The maximum Gasteiger partial charge on any atom is 0.0729 e. The first-order chi connectivity index (χ1) is 9.83. The molecule has 0 aromatic carbocycles. The van der Waals surface area contributed by atoms with Crippen molar-refractivity contribution in [3.05, 3.63) is 0 Å². The lowest BCUT2D eigenvalue weighted by atomic mass is 9.74. The molecule has 0 aromatic rings. The van der Waals surface area contributed by atoms with Crippen molar-refractivity contribution >= 4 is 11.8 Å². The third-order valence-electron chi connectivity index (χ3n) is 5.36.